The van der Waals surface area contributed by atoms with Gasteiger partial charge in [-0.05, 0) is 41.5 Å². The van der Waals surface area contributed by atoms with Gasteiger partial charge in [0.15, 0.2) is 0 Å². The van der Waals surface area contributed by atoms with E-state index in [4.69, 9.17) is 5.26 Å². The van der Waals surface area contributed by atoms with Crippen molar-refractivity contribution in [1.82, 2.24) is 9.88 Å². The number of hydrogen-bond acceptors (Lipinski definition) is 4. The molecule has 0 aliphatic rings. The number of rotatable bonds is 6. The molecular formula is C22H19N3OS. The minimum atomic E-state index is -0.0122. The molecule has 0 aliphatic heterocycles. The Kier molecular flexibility index (Phi) is 6.24. The summed E-state index contributed by atoms with van der Waals surface area (Å²) in [5, 5.41) is 8.89. The lowest BCUT2D eigenvalue weighted by Gasteiger charge is -2.19. The molecule has 1 heterocycles. The molecule has 3 rings (SSSR count). The number of thioether (sulfide) groups is 1. The van der Waals surface area contributed by atoms with E-state index in [1.807, 2.05) is 60.7 Å². The summed E-state index contributed by atoms with van der Waals surface area (Å²) in [6, 6.07) is 21.1. The standard InChI is InChI=1S/C22H19N3OS/c1-25(15-19-5-4-12-24-14-19)22(26)20-6-2-3-7-21(20)27-16-18-10-8-17(13-23)9-11-18/h2-12,14H,15-16H2,1H3. The van der Waals surface area contributed by atoms with E-state index < -0.39 is 0 Å². The van der Waals surface area contributed by atoms with Crippen LogP contribution >= 0.6 is 11.8 Å². The van der Waals surface area contributed by atoms with Crippen molar-refractivity contribution < 1.29 is 4.79 Å². The van der Waals surface area contributed by atoms with Crippen LogP contribution in [0.3, 0.4) is 0 Å². The summed E-state index contributed by atoms with van der Waals surface area (Å²) in [6.07, 6.45) is 3.50. The first kappa shape index (κ1) is 18.7. The fourth-order valence-electron chi connectivity index (χ4n) is 2.65. The third-order valence-corrected chi connectivity index (χ3v) is 5.23. The van der Waals surface area contributed by atoms with Gasteiger partial charge in [-0.1, -0.05) is 30.3 Å². The number of amides is 1. The first-order valence-corrected chi connectivity index (χ1v) is 9.51. The minimum Gasteiger partial charge on any atom is -0.337 e. The fourth-order valence-corrected chi connectivity index (χ4v) is 3.65. The average molecular weight is 373 g/mol. The van der Waals surface area contributed by atoms with Crippen molar-refractivity contribution in [3.05, 3.63) is 95.3 Å². The first-order valence-electron chi connectivity index (χ1n) is 8.52. The Hall–Kier alpha value is -3.10. The Morgan fingerprint density at radius 2 is 1.85 bits per heavy atom. The number of pyridine rings is 1. The minimum absolute atomic E-state index is 0.0122. The fraction of sp³-hybridized carbons (Fsp3) is 0.136. The molecule has 0 radical (unpaired) electrons. The maximum absolute atomic E-state index is 12.9. The maximum atomic E-state index is 12.9. The summed E-state index contributed by atoms with van der Waals surface area (Å²) >= 11 is 1.62. The van der Waals surface area contributed by atoms with Crippen molar-refractivity contribution in [3.63, 3.8) is 0 Å². The van der Waals surface area contributed by atoms with Gasteiger partial charge in [0.05, 0.1) is 17.2 Å². The monoisotopic (exact) mass is 373 g/mol. The smallest absolute Gasteiger partial charge is 0.255 e. The van der Waals surface area contributed by atoms with Gasteiger partial charge in [-0.15, -0.1) is 11.8 Å². The lowest BCUT2D eigenvalue weighted by atomic mass is 10.2. The van der Waals surface area contributed by atoms with Crippen LogP contribution in [0.4, 0.5) is 0 Å². The summed E-state index contributed by atoms with van der Waals surface area (Å²) in [5.41, 5.74) is 3.46. The second kappa shape index (κ2) is 9.02. The van der Waals surface area contributed by atoms with E-state index >= 15 is 0 Å². The molecule has 0 bridgehead atoms. The number of nitrogens with zero attached hydrogens (tertiary/aromatic N) is 3. The zero-order chi connectivity index (χ0) is 19.1. The SMILES string of the molecule is CN(Cc1cccnc1)C(=O)c1ccccc1SCc1ccc(C#N)cc1. The van der Waals surface area contributed by atoms with Gasteiger partial charge in [-0.3, -0.25) is 9.78 Å². The van der Waals surface area contributed by atoms with Gasteiger partial charge in [-0.25, -0.2) is 0 Å². The van der Waals surface area contributed by atoms with Crippen molar-refractivity contribution >= 4 is 17.7 Å². The Bertz CT molecular complexity index is 949. The maximum Gasteiger partial charge on any atom is 0.255 e. The number of benzene rings is 2. The van der Waals surface area contributed by atoms with Gasteiger partial charge >= 0.3 is 0 Å². The Morgan fingerprint density at radius 1 is 1.07 bits per heavy atom. The van der Waals surface area contributed by atoms with Crippen molar-refractivity contribution in [3.8, 4) is 6.07 Å². The summed E-state index contributed by atoms with van der Waals surface area (Å²) in [7, 11) is 1.80. The van der Waals surface area contributed by atoms with Crippen LogP contribution in [0.2, 0.25) is 0 Å². The highest BCUT2D eigenvalue weighted by atomic mass is 32.2. The van der Waals surface area contributed by atoms with Crippen LogP contribution in [0.25, 0.3) is 0 Å². The highest BCUT2D eigenvalue weighted by Gasteiger charge is 2.16. The van der Waals surface area contributed by atoms with Crippen LogP contribution in [-0.2, 0) is 12.3 Å². The van der Waals surface area contributed by atoms with E-state index in [1.54, 1.807) is 36.1 Å². The molecule has 0 N–H and O–H groups in total. The molecule has 0 aliphatic carbocycles. The topological polar surface area (TPSA) is 57.0 Å². The van der Waals surface area contributed by atoms with E-state index in [-0.39, 0.29) is 5.91 Å². The lowest BCUT2D eigenvalue weighted by Crippen LogP contribution is -2.26. The summed E-state index contributed by atoms with van der Waals surface area (Å²) in [4.78, 5) is 19.7. The van der Waals surface area contributed by atoms with Crippen LogP contribution in [0.1, 0.15) is 27.0 Å². The molecule has 27 heavy (non-hydrogen) atoms. The normalized spacial score (nSPS) is 10.2. The highest BCUT2D eigenvalue weighted by molar-refractivity contribution is 7.98. The van der Waals surface area contributed by atoms with E-state index in [2.05, 4.69) is 11.1 Å². The molecule has 0 spiro atoms. The second-order valence-corrected chi connectivity index (χ2v) is 7.13. The number of aromatic nitrogens is 1. The third kappa shape index (κ3) is 4.96. The van der Waals surface area contributed by atoms with Crippen LogP contribution < -0.4 is 0 Å². The molecule has 0 saturated carbocycles. The zero-order valence-electron chi connectivity index (χ0n) is 15.0. The second-order valence-electron chi connectivity index (χ2n) is 6.12. The molecule has 134 valence electrons. The molecule has 0 fully saturated rings. The number of carbonyl (C=O) groups excluding carboxylic acids is 1. The predicted octanol–water partition coefficient (Wildman–Crippen LogP) is 4.52. The van der Waals surface area contributed by atoms with Gasteiger partial charge in [0.2, 0.25) is 0 Å². The van der Waals surface area contributed by atoms with Crippen LogP contribution in [0, 0.1) is 11.3 Å². The molecule has 0 atom stereocenters. The Morgan fingerprint density at radius 3 is 2.56 bits per heavy atom. The van der Waals surface area contributed by atoms with Crippen LogP contribution in [0.5, 0.6) is 0 Å². The average Bonchev–Trinajstić information content (AvgIpc) is 2.73. The molecule has 4 nitrogen and oxygen atoms in total. The van der Waals surface area contributed by atoms with Crippen molar-refractivity contribution in [2.24, 2.45) is 0 Å². The van der Waals surface area contributed by atoms with Crippen LogP contribution in [-0.4, -0.2) is 22.8 Å². The van der Waals surface area contributed by atoms with E-state index in [1.165, 1.54) is 0 Å². The predicted molar refractivity (Wildman–Crippen MR) is 107 cm³/mol. The molecule has 3 aromatic rings. The molecule has 0 unspecified atom stereocenters. The van der Waals surface area contributed by atoms with Gasteiger partial charge in [0.25, 0.3) is 5.91 Å². The summed E-state index contributed by atoms with van der Waals surface area (Å²) < 4.78 is 0. The van der Waals surface area contributed by atoms with Crippen molar-refractivity contribution in [2.75, 3.05) is 7.05 Å². The van der Waals surface area contributed by atoms with Gasteiger partial charge in [0.1, 0.15) is 0 Å². The highest BCUT2D eigenvalue weighted by Crippen LogP contribution is 2.27. The van der Waals surface area contributed by atoms with E-state index in [9.17, 15) is 4.79 Å². The Balaban J connectivity index is 1.70. The molecular weight excluding hydrogens is 354 g/mol. The number of hydrogen-bond donors (Lipinski definition) is 0. The molecule has 0 saturated heterocycles. The molecule has 1 amide bonds. The van der Waals surface area contributed by atoms with Crippen molar-refractivity contribution in [1.29, 1.82) is 5.26 Å². The van der Waals surface area contributed by atoms with Gasteiger partial charge in [0, 0.05) is 36.6 Å². The summed E-state index contributed by atoms with van der Waals surface area (Å²) in [5.74, 6) is 0.726. The van der Waals surface area contributed by atoms with Crippen molar-refractivity contribution in [2.45, 2.75) is 17.2 Å². The van der Waals surface area contributed by atoms with E-state index in [0.717, 1.165) is 21.8 Å². The largest absolute Gasteiger partial charge is 0.337 e. The van der Waals surface area contributed by atoms with Crippen LogP contribution in [0.15, 0.2) is 78.0 Å². The lowest BCUT2D eigenvalue weighted by molar-refractivity contribution is 0.0781. The zero-order valence-corrected chi connectivity index (χ0v) is 15.8. The van der Waals surface area contributed by atoms with Gasteiger partial charge < -0.3 is 4.90 Å². The quantitative estimate of drug-likeness (QED) is 0.596. The van der Waals surface area contributed by atoms with Gasteiger partial charge in [-0.2, -0.15) is 5.26 Å². The number of nitriles is 1. The number of carbonyl (C=O) groups is 1. The van der Waals surface area contributed by atoms with E-state index in [0.29, 0.717) is 17.7 Å². The third-order valence-electron chi connectivity index (χ3n) is 4.08. The first-order chi connectivity index (χ1) is 13.2. The molecule has 5 heteroatoms. The molecule has 2 aromatic carbocycles. The molecule has 1 aromatic heterocycles. The Labute approximate surface area is 163 Å². The summed E-state index contributed by atoms with van der Waals surface area (Å²) in [6.45, 7) is 0.515.